The van der Waals surface area contributed by atoms with Gasteiger partial charge in [0.05, 0.1) is 17.1 Å². The third-order valence-electron chi connectivity index (χ3n) is 3.61. The Morgan fingerprint density at radius 3 is 2.38 bits per heavy atom. The van der Waals surface area contributed by atoms with Crippen LogP contribution in [-0.2, 0) is 10.0 Å². The number of nitrogens with zero attached hydrogens (tertiary/aromatic N) is 1. The first-order valence-electron chi connectivity index (χ1n) is 6.76. The smallest absolute Gasteiger partial charge is 0.335 e. The molecule has 116 valence electrons. The summed E-state index contributed by atoms with van der Waals surface area (Å²) in [4.78, 5) is 11.2. The first-order valence-corrected chi connectivity index (χ1v) is 8.20. The van der Waals surface area contributed by atoms with Crippen molar-refractivity contribution < 1.29 is 23.4 Å². The van der Waals surface area contributed by atoms with Gasteiger partial charge in [0, 0.05) is 12.6 Å². The van der Waals surface area contributed by atoms with Crippen molar-refractivity contribution >= 4 is 16.0 Å². The topological polar surface area (TPSA) is 94.9 Å². The van der Waals surface area contributed by atoms with Crippen LogP contribution >= 0.6 is 0 Å². The Hall–Kier alpha value is -1.44. The molecule has 0 heterocycles. The molecular formula is C14H19NO5S. The van der Waals surface area contributed by atoms with Crippen LogP contribution in [-0.4, -0.2) is 48.1 Å². The molecule has 0 radical (unpaired) electrons. The number of aliphatic hydroxyl groups is 1. The summed E-state index contributed by atoms with van der Waals surface area (Å²) >= 11 is 0. The number of benzene rings is 1. The molecule has 0 aromatic heterocycles. The second kappa shape index (κ2) is 5.75. The zero-order valence-corrected chi connectivity index (χ0v) is 12.9. The van der Waals surface area contributed by atoms with Gasteiger partial charge in [0.25, 0.3) is 0 Å². The van der Waals surface area contributed by atoms with Gasteiger partial charge >= 0.3 is 5.97 Å². The van der Waals surface area contributed by atoms with Gasteiger partial charge in [-0.25, -0.2) is 13.2 Å². The van der Waals surface area contributed by atoms with Crippen molar-refractivity contribution in [3.8, 4) is 0 Å². The predicted octanol–water partition coefficient (Wildman–Crippen LogP) is 1.15. The van der Waals surface area contributed by atoms with Gasteiger partial charge in [-0.15, -0.1) is 0 Å². The van der Waals surface area contributed by atoms with Gasteiger partial charge in [0.15, 0.2) is 0 Å². The molecule has 0 atom stereocenters. The molecule has 6 nitrogen and oxygen atoms in total. The maximum Gasteiger partial charge on any atom is 0.335 e. The van der Waals surface area contributed by atoms with Crippen LogP contribution < -0.4 is 0 Å². The van der Waals surface area contributed by atoms with Crippen molar-refractivity contribution in [1.82, 2.24) is 4.31 Å². The van der Waals surface area contributed by atoms with Crippen molar-refractivity contribution in [1.29, 1.82) is 0 Å². The van der Waals surface area contributed by atoms with Gasteiger partial charge in [-0.05, 0) is 43.9 Å². The minimum Gasteiger partial charge on any atom is -0.478 e. The lowest BCUT2D eigenvalue weighted by atomic mass is 10.1. The molecule has 1 aliphatic carbocycles. The highest BCUT2D eigenvalue weighted by Gasteiger charge is 2.38. The van der Waals surface area contributed by atoms with Crippen molar-refractivity contribution in [3.05, 3.63) is 28.8 Å². The van der Waals surface area contributed by atoms with Gasteiger partial charge in [0.2, 0.25) is 10.0 Å². The van der Waals surface area contributed by atoms with Gasteiger partial charge in [-0.2, -0.15) is 4.31 Å². The summed E-state index contributed by atoms with van der Waals surface area (Å²) in [5, 5.41) is 18.2. The monoisotopic (exact) mass is 313 g/mol. The Balaban J connectivity index is 2.53. The number of hydrogen-bond donors (Lipinski definition) is 2. The van der Waals surface area contributed by atoms with E-state index in [1.165, 1.54) is 10.4 Å². The quantitative estimate of drug-likeness (QED) is 0.821. The number of hydrogen-bond acceptors (Lipinski definition) is 4. The highest BCUT2D eigenvalue weighted by molar-refractivity contribution is 7.89. The Kier molecular flexibility index (Phi) is 4.36. The van der Waals surface area contributed by atoms with Crippen LogP contribution in [0.1, 0.15) is 34.3 Å². The van der Waals surface area contributed by atoms with Crippen LogP contribution in [0.4, 0.5) is 0 Å². The minimum absolute atomic E-state index is 0.00542. The van der Waals surface area contributed by atoms with Crippen LogP contribution in [0.15, 0.2) is 17.0 Å². The minimum atomic E-state index is -3.79. The predicted molar refractivity (Wildman–Crippen MR) is 76.9 cm³/mol. The Morgan fingerprint density at radius 1 is 1.29 bits per heavy atom. The van der Waals surface area contributed by atoms with Gasteiger partial charge < -0.3 is 10.2 Å². The maximum atomic E-state index is 12.7. The van der Waals surface area contributed by atoms with Gasteiger partial charge in [-0.1, -0.05) is 6.07 Å². The molecule has 1 aromatic rings. The molecule has 21 heavy (non-hydrogen) atoms. The number of carbonyl (C=O) groups is 1. The third kappa shape index (κ3) is 3.09. The number of aryl methyl sites for hydroxylation is 2. The molecule has 0 spiro atoms. The summed E-state index contributed by atoms with van der Waals surface area (Å²) in [6, 6.07) is 2.70. The van der Waals surface area contributed by atoms with Crippen LogP contribution in [0.5, 0.6) is 0 Å². The number of rotatable bonds is 6. The summed E-state index contributed by atoms with van der Waals surface area (Å²) in [6.07, 6.45) is 1.55. The fraction of sp³-hybridized carbons (Fsp3) is 0.500. The average molecular weight is 313 g/mol. The Bertz CT molecular complexity index is 664. The van der Waals surface area contributed by atoms with Crippen LogP contribution in [0.25, 0.3) is 0 Å². The van der Waals surface area contributed by atoms with Gasteiger partial charge in [0.1, 0.15) is 0 Å². The largest absolute Gasteiger partial charge is 0.478 e. The van der Waals surface area contributed by atoms with Gasteiger partial charge in [-0.3, -0.25) is 0 Å². The molecule has 1 aromatic carbocycles. The SMILES string of the molecule is Cc1cc(C)c(S(=O)(=O)N(CCO)C2CC2)cc1C(=O)O. The van der Waals surface area contributed by atoms with Crippen LogP contribution in [0.3, 0.4) is 0 Å². The number of aliphatic hydroxyl groups excluding tert-OH is 1. The molecule has 0 bridgehead atoms. The Morgan fingerprint density at radius 2 is 1.90 bits per heavy atom. The van der Waals surface area contributed by atoms with E-state index in [2.05, 4.69) is 0 Å². The van der Waals surface area contributed by atoms with E-state index in [4.69, 9.17) is 10.2 Å². The normalized spacial score (nSPS) is 15.4. The van der Waals surface area contributed by atoms with E-state index >= 15 is 0 Å². The lowest BCUT2D eigenvalue weighted by molar-refractivity contribution is 0.0696. The molecule has 7 heteroatoms. The molecule has 2 rings (SSSR count). The third-order valence-corrected chi connectivity index (χ3v) is 5.71. The summed E-state index contributed by atoms with van der Waals surface area (Å²) in [6.45, 7) is 3.06. The van der Waals surface area contributed by atoms with Crippen molar-refractivity contribution in [2.75, 3.05) is 13.2 Å². The fourth-order valence-corrected chi connectivity index (χ4v) is 4.34. The number of carboxylic acids is 1. The van der Waals surface area contributed by atoms with Crippen molar-refractivity contribution in [2.45, 2.75) is 37.6 Å². The molecule has 2 N–H and O–H groups in total. The summed E-state index contributed by atoms with van der Waals surface area (Å²) in [7, 11) is -3.79. The molecule has 0 unspecified atom stereocenters. The second-order valence-electron chi connectivity index (χ2n) is 5.31. The van der Waals surface area contributed by atoms with E-state index in [9.17, 15) is 13.2 Å². The molecule has 1 saturated carbocycles. The fourth-order valence-electron chi connectivity index (χ4n) is 2.43. The highest BCUT2D eigenvalue weighted by Crippen LogP contribution is 2.33. The van der Waals surface area contributed by atoms with E-state index in [1.54, 1.807) is 19.9 Å². The molecule has 0 saturated heterocycles. The maximum absolute atomic E-state index is 12.7. The van der Waals surface area contributed by atoms with Crippen LogP contribution in [0, 0.1) is 13.8 Å². The Labute approximate surface area is 124 Å². The van der Waals surface area contributed by atoms with Crippen LogP contribution in [0.2, 0.25) is 0 Å². The molecule has 1 aliphatic rings. The van der Waals surface area contributed by atoms with Crippen molar-refractivity contribution in [3.63, 3.8) is 0 Å². The number of aromatic carboxylic acids is 1. The molecule has 0 amide bonds. The zero-order chi connectivity index (χ0) is 15.8. The van der Waals surface area contributed by atoms with E-state index in [1.807, 2.05) is 0 Å². The van der Waals surface area contributed by atoms with E-state index in [0.717, 1.165) is 12.8 Å². The zero-order valence-electron chi connectivity index (χ0n) is 12.0. The molecule has 1 fully saturated rings. The highest BCUT2D eigenvalue weighted by atomic mass is 32.2. The standard InChI is InChI=1S/C14H19NO5S/c1-9-7-10(2)13(8-12(9)14(17)18)21(19,20)15(5-6-16)11-3-4-11/h7-8,11,16H,3-6H2,1-2H3,(H,17,18). The van der Waals surface area contributed by atoms with E-state index in [-0.39, 0.29) is 29.7 Å². The molecule has 0 aliphatic heterocycles. The summed E-state index contributed by atoms with van der Waals surface area (Å²) in [5.74, 6) is -1.15. The first kappa shape index (κ1) is 15.9. The lowest BCUT2D eigenvalue weighted by Crippen LogP contribution is -2.36. The molecular weight excluding hydrogens is 294 g/mol. The average Bonchev–Trinajstić information content (AvgIpc) is 3.18. The van der Waals surface area contributed by atoms with E-state index < -0.39 is 16.0 Å². The second-order valence-corrected chi connectivity index (χ2v) is 7.17. The lowest BCUT2D eigenvalue weighted by Gasteiger charge is -2.22. The summed E-state index contributed by atoms with van der Waals surface area (Å²) < 4.78 is 26.7. The number of sulfonamides is 1. The van der Waals surface area contributed by atoms with E-state index in [0.29, 0.717) is 11.1 Å². The number of carboxylic acid groups (broad SMARTS) is 1. The van der Waals surface area contributed by atoms with Crippen molar-refractivity contribution in [2.24, 2.45) is 0 Å². The first-order chi connectivity index (χ1) is 9.78. The summed E-state index contributed by atoms with van der Waals surface area (Å²) in [5.41, 5.74) is 1.03.